The maximum atomic E-state index is 12.0. The van der Waals surface area contributed by atoms with E-state index < -0.39 is 12.1 Å². The molecular formula is C28H41NO3. The minimum Gasteiger partial charge on any atom is -0.394 e. The maximum absolute atomic E-state index is 12.0. The highest BCUT2D eigenvalue weighted by Crippen LogP contribution is 2.01. The van der Waals surface area contributed by atoms with Crippen LogP contribution in [-0.2, 0) is 4.79 Å². The van der Waals surface area contributed by atoms with Crippen LogP contribution in [0.1, 0.15) is 52.4 Å². The predicted molar refractivity (Wildman–Crippen MR) is 137 cm³/mol. The minimum absolute atomic E-state index is 0.180. The van der Waals surface area contributed by atoms with Crippen LogP contribution in [0.5, 0.6) is 0 Å². The van der Waals surface area contributed by atoms with Crippen molar-refractivity contribution in [3.05, 3.63) is 97.2 Å². The predicted octanol–water partition coefficient (Wildman–Crippen LogP) is 5.65. The first-order valence-electron chi connectivity index (χ1n) is 11.5. The summed E-state index contributed by atoms with van der Waals surface area (Å²) in [4.78, 5) is 12.0. The molecule has 0 aliphatic carbocycles. The van der Waals surface area contributed by atoms with Crippen LogP contribution in [0, 0.1) is 0 Å². The Bertz CT molecular complexity index is 693. The van der Waals surface area contributed by atoms with Gasteiger partial charge in [-0.15, -0.1) is 0 Å². The van der Waals surface area contributed by atoms with Gasteiger partial charge < -0.3 is 15.5 Å². The second-order valence-electron chi connectivity index (χ2n) is 7.12. The van der Waals surface area contributed by atoms with E-state index in [0.29, 0.717) is 0 Å². The molecule has 4 heteroatoms. The van der Waals surface area contributed by atoms with E-state index in [2.05, 4.69) is 37.4 Å². The molecule has 0 bridgehead atoms. The largest absolute Gasteiger partial charge is 0.394 e. The van der Waals surface area contributed by atoms with Gasteiger partial charge in [0.2, 0.25) is 5.91 Å². The number of carbonyl (C=O) groups excluding carboxylic acids is 1. The van der Waals surface area contributed by atoms with Crippen molar-refractivity contribution < 1.29 is 15.0 Å². The third-order valence-corrected chi connectivity index (χ3v) is 4.22. The summed E-state index contributed by atoms with van der Waals surface area (Å²) >= 11 is 0. The Morgan fingerprint density at radius 1 is 0.750 bits per heavy atom. The molecule has 2 atom stereocenters. The fourth-order valence-electron chi connectivity index (χ4n) is 2.46. The number of unbranched alkanes of at least 4 members (excludes halogenated alkanes) is 2. The van der Waals surface area contributed by atoms with Gasteiger partial charge in [0.1, 0.15) is 0 Å². The second kappa shape index (κ2) is 23.0. The lowest BCUT2D eigenvalue weighted by atomic mass is 10.1. The highest BCUT2D eigenvalue weighted by atomic mass is 16.3. The van der Waals surface area contributed by atoms with Gasteiger partial charge in [-0.05, 0) is 25.7 Å². The molecule has 0 rings (SSSR count). The highest BCUT2D eigenvalue weighted by molar-refractivity contribution is 5.77. The van der Waals surface area contributed by atoms with Crippen molar-refractivity contribution in [1.82, 2.24) is 5.32 Å². The van der Waals surface area contributed by atoms with Crippen molar-refractivity contribution >= 4 is 5.91 Å². The average Bonchev–Trinajstić information content (AvgIpc) is 2.79. The van der Waals surface area contributed by atoms with Gasteiger partial charge in [0.25, 0.3) is 0 Å². The molecule has 0 aromatic carbocycles. The molecule has 0 aromatic rings. The molecule has 32 heavy (non-hydrogen) atoms. The first kappa shape index (κ1) is 29.3. The van der Waals surface area contributed by atoms with Crippen LogP contribution < -0.4 is 5.32 Å². The van der Waals surface area contributed by atoms with Gasteiger partial charge in [-0.1, -0.05) is 117 Å². The zero-order chi connectivity index (χ0) is 23.7. The Morgan fingerprint density at radius 3 is 1.88 bits per heavy atom. The lowest BCUT2D eigenvalue weighted by Crippen LogP contribution is -2.44. The normalized spacial score (nSPS) is 15.2. The first-order chi connectivity index (χ1) is 15.7. The van der Waals surface area contributed by atoms with Gasteiger partial charge >= 0.3 is 0 Å². The summed E-state index contributed by atoms with van der Waals surface area (Å²) in [7, 11) is 0. The molecule has 4 nitrogen and oxygen atoms in total. The summed E-state index contributed by atoms with van der Waals surface area (Å²) in [5.74, 6) is -0.245. The number of hydrogen-bond acceptors (Lipinski definition) is 3. The molecule has 0 fully saturated rings. The molecule has 0 aliphatic heterocycles. The fourth-order valence-corrected chi connectivity index (χ4v) is 2.46. The Kier molecular flexibility index (Phi) is 21.1. The maximum Gasteiger partial charge on any atom is 0.224 e. The van der Waals surface area contributed by atoms with E-state index in [4.69, 9.17) is 0 Å². The summed E-state index contributed by atoms with van der Waals surface area (Å²) in [6.07, 6.45) is 35.1. The topological polar surface area (TPSA) is 69.6 Å². The Hall–Kier alpha value is -2.69. The average molecular weight is 440 g/mol. The smallest absolute Gasteiger partial charge is 0.224 e. The van der Waals surface area contributed by atoms with E-state index in [1.54, 1.807) is 18.2 Å². The molecule has 1 amide bonds. The Morgan fingerprint density at radius 2 is 1.31 bits per heavy atom. The number of aliphatic hydroxyl groups is 2. The summed E-state index contributed by atoms with van der Waals surface area (Å²) in [6, 6.07) is -0.709. The molecule has 0 saturated heterocycles. The number of amides is 1. The summed E-state index contributed by atoms with van der Waals surface area (Å²) < 4.78 is 0. The lowest BCUT2D eigenvalue weighted by Gasteiger charge is -2.19. The van der Waals surface area contributed by atoms with E-state index in [0.717, 1.165) is 32.1 Å². The van der Waals surface area contributed by atoms with Crippen LogP contribution >= 0.6 is 0 Å². The number of nitrogens with one attached hydrogen (secondary N) is 1. The Balaban J connectivity index is 4.17. The van der Waals surface area contributed by atoms with Gasteiger partial charge in [0.15, 0.2) is 0 Å². The molecular weight excluding hydrogens is 398 g/mol. The SMILES string of the molecule is CC/C=C/CC/C=C/[C@@H](O)[C@H](CO)NC(=O)C\C=C/C=C\C=C/C=C\C=C/C=C\CCC. The second-order valence-corrected chi connectivity index (χ2v) is 7.12. The number of aliphatic hydroxyl groups excluding tert-OH is 2. The number of allylic oxidation sites excluding steroid dienone is 14. The molecule has 0 radical (unpaired) electrons. The van der Waals surface area contributed by atoms with E-state index in [9.17, 15) is 15.0 Å². The number of hydrogen-bond donors (Lipinski definition) is 3. The Labute approximate surface area is 194 Å². The van der Waals surface area contributed by atoms with E-state index >= 15 is 0 Å². The van der Waals surface area contributed by atoms with E-state index in [1.165, 1.54) is 0 Å². The third kappa shape index (κ3) is 19.3. The fraction of sp³-hybridized carbons (Fsp3) is 0.393. The van der Waals surface area contributed by atoms with Gasteiger partial charge in [0, 0.05) is 6.42 Å². The van der Waals surface area contributed by atoms with E-state index in [1.807, 2.05) is 60.8 Å². The third-order valence-electron chi connectivity index (χ3n) is 4.22. The van der Waals surface area contributed by atoms with Crippen molar-refractivity contribution in [2.45, 2.75) is 64.5 Å². The van der Waals surface area contributed by atoms with Crippen LogP contribution in [-0.4, -0.2) is 34.9 Å². The van der Waals surface area contributed by atoms with Crippen LogP contribution in [0.15, 0.2) is 97.2 Å². The zero-order valence-electron chi connectivity index (χ0n) is 19.6. The van der Waals surface area contributed by atoms with Crippen molar-refractivity contribution in [3.63, 3.8) is 0 Å². The van der Waals surface area contributed by atoms with Gasteiger partial charge in [-0.25, -0.2) is 0 Å². The van der Waals surface area contributed by atoms with Crippen molar-refractivity contribution in [1.29, 1.82) is 0 Å². The minimum atomic E-state index is -0.914. The van der Waals surface area contributed by atoms with Crippen molar-refractivity contribution in [3.8, 4) is 0 Å². The van der Waals surface area contributed by atoms with Gasteiger partial charge in [0.05, 0.1) is 18.8 Å². The molecule has 0 unspecified atom stereocenters. The number of rotatable bonds is 17. The van der Waals surface area contributed by atoms with Gasteiger partial charge in [-0.2, -0.15) is 0 Å². The summed E-state index contributed by atoms with van der Waals surface area (Å²) in [6.45, 7) is 3.92. The molecule has 0 heterocycles. The van der Waals surface area contributed by atoms with Crippen LogP contribution in [0.2, 0.25) is 0 Å². The first-order valence-corrected chi connectivity index (χ1v) is 11.5. The van der Waals surface area contributed by atoms with Gasteiger partial charge in [-0.3, -0.25) is 4.79 Å². The zero-order valence-corrected chi connectivity index (χ0v) is 19.6. The molecule has 3 N–H and O–H groups in total. The van der Waals surface area contributed by atoms with Crippen molar-refractivity contribution in [2.75, 3.05) is 6.61 Å². The molecule has 176 valence electrons. The van der Waals surface area contributed by atoms with Crippen molar-refractivity contribution in [2.24, 2.45) is 0 Å². The monoisotopic (exact) mass is 439 g/mol. The van der Waals surface area contributed by atoms with Crippen LogP contribution in [0.4, 0.5) is 0 Å². The van der Waals surface area contributed by atoms with Crippen LogP contribution in [0.3, 0.4) is 0 Å². The molecule has 0 saturated carbocycles. The summed E-state index contributed by atoms with van der Waals surface area (Å²) in [5.41, 5.74) is 0. The standard InChI is InChI=1S/C28H41NO3/c1-3-5-7-9-11-12-13-14-15-16-17-18-20-22-24-28(32)29-26(25-30)27(31)23-21-19-10-8-6-4-2/h6-9,11-18,20-23,26-27,30-31H,3-5,10,19,24-25H2,1-2H3,(H,29,32)/b8-6+,9-7-,12-11-,14-13-,16-15-,18-17-,22-20-,23-21+/t26-,27+/m0/s1. The molecule has 0 aromatic heterocycles. The number of carbonyl (C=O) groups is 1. The lowest BCUT2D eigenvalue weighted by molar-refractivity contribution is -0.122. The molecule has 0 spiro atoms. The highest BCUT2D eigenvalue weighted by Gasteiger charge is 2.17. The summed E-state index contributed by atoms with van der Waals surface area (Å²) in [5, 5.41) is 22.2. The van der Waals surface area contributed by atoms with E-state index in [-0.39, 0.29) is 18.9 Å². The molecule has 0 aliphatic rings. The van der Waals surface area contributed by atoms with Crippen LogP contribution in [0.25, 0.3) is 0 Å². The quantitative estimate of drug-likeness (QED) is 0.156.